The summed E-state index contributed by atoms with van der Waals surface area (Å²) < 4.78 is 26.6. The molecule has 2 amide bonds. The molecule has 1 aliphatic heterocycles. The molecule has 2 heterocycles. The number of likely N-dealkylation sites (tertiary alicyclic amines) is 1. The average molecular weight is 325 g/mol. The Balaban J connectivity index is 1.71. The van der Waals surface area contributed by atoms with E-state index in [1.165, 1.54) is 18.3 Å². The zero-order chi connectivity index (χ0) is 16.7. The second-order valence-corrected chi connectivity index (χ2v) is 6.62. The van der Waals surface area contributed by atoms with Crippen LogP contribution < -0.4 is 0 Å². The van der Waals surface area contributed by atoms with Gasteiger partial charge in [-0.05, 0) is 36.8 Å². The Morgan fingerprint density at radius 1 is 1.35 bits per heavy atom. The number of fused-ring (bicyclic) bond motifs is 1. The van der Waals surface area contributed by atoms with Crippen LogP contribution in [0, 0.1) is 11.8 Å². The van der Waals surface area contributed by atoms with E-state index in [1.807, 2.05) is 0 Å². The third-order valence-corrected chi connectivity index (χ3v) is 5.26. The molecule has 23 heavy (non-hydrogen) atoms. The first kappa shape index (κ1) is 16.0. The summed E-state index contributed by atoms with van der Waals surface area (Å²) in [6.45, 7) is -2.01. The molecule has 1 aromatic heterocycles. The zero-order valence-corrected chi connectivity index (χ0v) is 13.3. The molecule has 2 aliphatic rings. The Bertz CT molecular complexity index is 616. The van der Waals surface area contributed by atoms with Gasteiger partial charge in [-0.2, -0.15) is 8.78 Å². The van der Waals surface area contributed by atoms with Gasteiger partial charge in [0.15, 0.2) is 0 Å². The van der Waals surface area contributed by atoms with Gasteiger partial charge in [-0.3, -0.25) is 14.2 Å². The van der Waals surface area contributed by atoms with Gasteiger partial charge in [0, 0.05) is 39.3 Å². The molecular weight excluding hydrogens is 304 g/mol. The molecule has 126 valence electrons. The normalized spacial score (nSPS) is 27.4. The summed E-state index contributed by atoms with van der Waals surface area (Å²) in [5, 5.41) is 0. The molecule has 5 nitrogen and oxygen atoms in total. The van der Waals surface area contributed by atoms with Crippen LogP contribution in [0.1, 0.15) is 36.3 Å². The largest absolute Gasteiger partial charge is 0.345 e. The monoisotopic (exact) mass is 325 g/mol. The zero-order valence-electron chi connectivity index (χ0n) is 13.3. The van der Waals surface area contributed by atoms with Crippen molar-refractivity contribution in [1.82, 2.24) is 14.4 Å². The van der Waals surface area contributed by atoms with Gasteiger partial charge >= 0.3 is 6.55 Å². The third-order valence-electron chi connectivity index (χ3n) is 5.26. The van der Waals surface area contributed by atoms with Crippen molar-refractivity contribution in [1.29, 1.82) is 0 Å². The summed E-state index contributed by atoms with van der Waals surface area (Å²) in [7, 11) is 3.47. The van der Waals surface area contributed by atoms with Crippen molar-refractivity contribution in [2.24, 2.45) is 11.8 Å². The van der Waals surface area contributed by atoms with Gasteiger partial charge < -0.3 is 9.80 Å². The maximum absolute atomic E-state index is 12.9. The standard InChI is InChI=1S/C16H21F2N3O2/c1-19-9-11-7-12(6-10(11)8-14(19)22)20(2)15(23)13-4-3-5-21(13)16(17)18/h3-5,10-12,16H,6-9H2,1-2H3/t10-,11+,12-/m0/s1. The van der Waals surface area contributed by atoms with E-state index in [0.29, 0.717) is 22.8 Å². The van der Waals surface area contributed by atoms with E-state index in [4.69, 9.17) is 0 Å². The topological polar surface area (TPSA) is 45.5 Å². The number of carbonyl (C=O) groups is 2. The molecule has 2 fully saturated rings. The first-order valence-corrected chi connectivity index (χ1v) is 7.84. The quantitative estimate of drug-likeness (QED) is 0.855. The number of hydrogen-bond acceptors (Lipinski definition) is 2. The van der Waals surface area contributed by atoms with Crippen LogP contribution in [-0.4, -0.2) is 52.9 Å². The Morgan fingerprint density at radius 3 is 2.74 bits per heavy atom. The van der Waals surface area contributed by atoms with E-state index >= 15 is 0 Å². The van der Waals surface area contributed by atoms with Crippen LogP contribution in [0.2, 0.25) is 0 Å². The van der Waals surface area contributed by atoms with Crippen molar-refractivity contribution in [3.8, 4) is 0 Å². The minimum absolute atomic E-state index is 0.00202. The highest BCUT2D eigenvalue weighted by atomic mass is 19.3. The maximum atomic E-state index is 12.9. The molecule has 3 rings (SSSR count). The first-order chi connectivity index (χ1) is 10.9. The van der Waals surface area contributed by atoms with Crippen LogP contribution in [0.15, 0.2) is 18.3 Å². The van der Waals surface area contributed by atoms with Gasteiger partial charge in [0.2, 0.25) is 5.91 Å². The number of hydrogen-bond donors (Lipinski definition) is 0. The fourth-order valence-electron chi connectivity index (χ4n) is 3.90. The molecule has 1 aliphatic carbocycles. The minimum Gasteiger partial charge on any atom is -0.345 e. The fourth-order valence-corrected chi connectivity index (χ4v) is 3.90. The lowest BCUT2D eigenvalue weighted by atomic mass is 9.88. The number of alkyl halides is 2. The number of carbonyl (C=O) groups excluding carboxylic acids is 2. The number of rotatable bonds is 3. The molecule has 0 aromatic carbocycles. The molecule has 0 bridgehead atoms. The van der Waals surface area contributed by atoms with E-state index in [2.05, 4.69) is 0 Å². The summed E-state index contributed by atoms with van der Waals surface area (Å²) >= 11 is 0. The number of nitrogens with zero attached hydrogens (tertiary/aromatic N) is 3. The van der Waals surface area contributed by atoms with Crippen LogP contribution >= 0.6 is 0 Å². The fraction of sp³-hybridized carbons (Fsp3) is 0.625. The highest BCUT2D eigenvalue weighted by Gasteiger charge is 2.42. The molecule has 0 unspecified atom stereocenters. The van der Waals surface area contributed by atoms with Gasteiger partial charge in [-0.15, -0.1) is 0 Å². The predicted molar refractivity (Wildman–Crippen MR) is 80.0 cm³/mol. The molecule has 0 N–H and O–H groups in total. The average Bonchev–Trinajstić information content (AvgIpc) is 3.12. The van der Waals surface area contributed by atoms with Crippen LogP contribution in [0.25, 0.3) is 0 Å². The van der Waals surface area contributed by atoms with Crippen molar-refractivity contribution in [3.63, 3.8) is 0 Å². The lowest BCUT2D eigenvalue weighted by molar-refractivity contribution is -0.134. The molecule has 3 atom stereocenters. The van der Waals surface area contributed by atoms with Crippen molar-refractivity contribution < 1.29 is 18.4 Å². The number of amides is 2. The summed E-state index contributed by atoms with van der Waals surface area (Å²) in [5.41, 5.74) is 0.00515. The lowest BCUT2D eigenvalue weighted by Gasteiger charge is -2.31. The van der Waals surface area contributed by atoms with E-state index < -0.39 is 12.5 Å². The van der Waals surface area contributed by atoms with Crippen molar-refractivity contribution in [2.75, 3.05) is 20.6 Å². The number of aromatic nitrogens is 1. The van der Waals surface area contributed by atoms with Crippen LogP contribution in [0.3, 0.4) is 0 Å². The Hall–Kier alpha value is -1.92. The first-order valence-electron chi connectivity index (χ1n) is 7.84. The maximum Gasteiger partial charge on any atom is 0.319 e. The van der Waals surface area contributed by atoms with Crippen LogP contribution in [-0.2, 0) is 4.79 Å². The Morgan fingerprint density at radius 2 is 2.04 bits per heavy atom. The highest BCUT2D eigenvalue weighted by molar-refractivity contribution is 5.93. The Kier molecular flexibility index (Phi) is 4.12. The second-order valence-electron chi connectivity index (χ2n) is 6.62. The molecule has 1 saturated carbocycles. The van der Waals surface area contributed by atoms with Crippen molar-refractivity contribution in [2.45, 2.75) is 31.9 Å². The molecule has 0 spiro atoms. The Labute approximate surface area is 133 Å². The predicted octanol–water partition coefficient (Wildman–Crippen LogP) is 2.21. The molecule has 1 saturated heterocycles. The van der Waals surface area contributed by atoms with E-state index in [9.17, 15) is 18.4 Å². The van der Waals surface area contributed by atoms with Gasteiger partial charge in [0.1, 0.15) is 5.69 Å². The summed E-state index contributed by atoms with van der Waals surface area (Å²) in [5.74, 6) is 0.437. The minimum atomic E-state index is -2.73. The van der Waals surface area contributed by atoms with Gasteiger partial charge in [-0.25, -0.2) is 0 Å². The van der Waals surface area contributed by atoms with E-state index in [-0.39, 0.29) is 17.6 Å². The third kappa shape index (κ3) is 2.84. The number of halogens is 2. The number of piperidine rings is 1. The highest BCUT2D eigenvalue weighted by Crippen LogP contribution is 2.40. The summed E-state index contributed by atoms with van der Waals surface area (Å²) in [6, 6.07) is 2.87. The SMILES string of the molecule is CN1C[C@H]2C[C@@H](N(C)C(=O)c3cccn3C(F)F)C[C@H]2CC1=O. The van der Waals surface area contributed by atoms with E-state index in [0.717, 1.165) is 19.4 Å². The smallest absolute Gasteiger partial charge is 0.319 e. The van der Waals surface area contributed by atoms with Crippen LogP contribution in [0.5, 0.6) is 0 Å². The van der Waals surface area contributed by atoms with E-state index in [1.54, 1.807) is 23.9 Å². The molecule has 7 heteroatoms. The van der Waals surface area contributed by atoms with Crippen LogP contribution in [0.4, 0.5) is 8.78 Å². The van der Waals surface area contributed by atoms with Gasteiger partial charge in [0.25, 0.3) is 5.91 Å². The van der Waals surface area contributed by atoms with Gasteiger partial charge in [-0.1, -0.05) is 0 Å². The van der Waals surface area contributed by atoms with Crippen molar-refractivity contribution >= 4 is 11.8 Å². The van der Waals surface area contributed by atoms with Gasteiger partial charge in [0.05, 0.1) is 0 Å². The summed E-state index contributed by atoms with van der Waals surface area (Å²) in [6.07, 6.45) is 3.32. The summed E-state index contributed by atoms with van der Waals surface area (Å²) in [4.78, 5) is 27.7. The molecule has 1 aromatic rings. The molecular formula is C16H21F2N3O2. The van der Waals surface area contributed by atoms with Crippen molar-refractivity contribution in [3.05, 3.63) is 24.0 Å². The lowest BCUT2D eigenvalue weighted by Crippen LogP contribution is -2.40. The second kappa shape index (κ2) is 5.94. The molecule has 0 radical (unpaired) electrons.